The minimum Gasteiger partial charge on any atom is -0.444 e. The SMILES string of the molecule is CCC(OC(=O)C(=O)OC(CC)C(=O)NCC(C)(C)N)C(=O)NCC(C)(C)N. The zero-order valence-corrected chi connectivity index (χ0v) is 17.6. The van der Waals surface area contributed by atoms with Crippen LogP contribution in [0.2, 0.25) is 0 Å². The number of amides is 2. The molecule has 0 aromatic carbocycles. The van der Waals surface area contributed by atoms with Crippen molar-refractivity contribution in [1.29, 1.82) is 0 Å². The van der Waals surface area contributed by atoms with Gasteiger partial charge in [-0.3, -0.25) is 9.59 Å². The lowest BCUT2D eigenvalue weighted by molar-refractivity contribution is -0.177. The van der Waals surface area contributed by atoms with Gasteiger partial charge in [-0.1, -0.05) is 13.8 Å². The zero-order valence-electron chi connectivity index (χ0n) is 17.6. The van der Waals surface area contributed by atoms with Crippen LogP contribution < -0.4 is 22.1 Å². The van der Waals surface area contributed by atoms with Crippen LogP contribution in [0.1, 0.15) is 54.4 Å². The lowest BCUT2D eigenvalue weighted by atomic mass is 10.1. The van der Waals surface area contributed by atoms with Gasteiger partial charge in [0.05, 0.1) is 0 Å². The predicted octanol–water partition coefficient (Wildman–Crippen LogP) is -0.663. The molecule has 0 aromatic heterocycles. The summed E-state index contributed by atoms with van der Waals surface area (Å²) in [7, 11) is 0. The van der Waals surface area contributed by atoms with Gasteiger partial charge >= 0.3 is 11.9 Å². The van der Waals surface area contributed by atoms with E-state index in [0.717, 1.165) is 0 Å². The van der Waals surface area contributed by atoms with Crippen LogP contribution in [-0.4, -0.2) is 60.1 Å². The third kappa shape index (κ3) is 10.8. The van der Waals surface area contributed by atoms with E-state index >= 15 is 0 Å². The standard InChI is InChI=1S/C18H34N4O6/c1-7-11(13(23)21-9-17(3,4)19)27-15(25)16(26)28-12(8-2)14(24)22-10-18(5,6)20/h11-12H,7-10,19-20H2,1-6H3,(H,21,23)(H,22,24). The van der Waals surface area contributed by atoms with Crippen molar-refractivity contribution < 1.29 is 28.7 Å². The summed E-state index contributed by atoms with van der Waals surface area (Å²) in [6, 6.07) is 0. The van der Waals surface area contributed by atoms with Crippen LogP contribution in [0.25, 0.3) is 0 Å². The van der Waals surface area contributed by atoms with Crippen LogP contribution in [-0.2, 0) is 28.7 Å². The van der Waals surface area contributed by atoms with E-state index in [9.17, 15) is 19.2 Å². The number of carbonyl (C=O) groups excluding carboxylic acids is 4. The number of esters is 2. The highest BCUT2D eigenvalue weighted by atomic mass is 16.6. The second-order valence-corrected chi connectivity index (χ2v) is 8.02. The molecule has 0 aromatic rings. The first-order chi connectivity index (χ1) is 12.7. The Balaban J connectivity index is 4.74. The van der Waals surface area contributed by atoms with Gasteiger partial charge in [0.25, 0.3) is 11.8 Å². The van der Waals surface area contributed by atoms with Crippen LogP contribution in [0, 0.1) is 0 Å². The highest BCUT2D eigenvalue weighted by Crippen LogP contribution is 2.05. The summed E-state index contributed by atoms with van der Waals surface area (Å²) in [6.07, 6.45) is -2.04. The molecule has 0 radical (unpaired) electrons. The zero-order chi connectivity index (χ0) is 22.1. The van der Waals surface area contributed by atoms with Gasteiger partial charge in [0, 0.05) is 24.2 Å². The van der Waals surface area contributed by atoms with Gasteiger partial charge in [-0.2, -0.15) is 0 Å². The van der Waals surface area contributed by atoms with E-state index in [1.54, 1.807) is 41.5 Å². The third-order valence-corrected chi connectivity index (χ3v) is 3.43. The van der Waals surface area contributed by atoms with E-state index in [1.807, 2.05) is 0 Å². The molecule has 2 unspecified atom stereocenters. The Morgan fingerprint density at radius 2 is 1.04 bits per heavy atom. The van der Waals surface area contributed by atoms with Crippen molar-refractivity contribution >= 4 is 23.8 Å². The van der Waals surface area contributed by atoms with Gasteiger partial charge in [0.1, 0.15) is 0 Å². The fourth-order valence-electron chi connectivity index (χ4n) is 1.86. The average molecular weight is 402 g/mol. The molecule has 0 spiro atoms. The summed E-state index contributed by atoms with van der Waals surface area (Å²) >= 11 is 0. The van der Waals surface area contributed by atoms with Crippen molar-refractivity contribution in [3.05, 3.63) is 0 Å². The Bertz CT molecular complexity index is 515. The molecule has 0 aliphatic heterocycles. The lowest BCUT2D eigenvalue weighted by Gasteiger charge is -2.22. The Labute approximate surface area is 166 Å². The molecule has 10 heteroatoms. The molecule has 0 saturated carbocycles. The molecule has 2 atom stereocenters. The summed E-state index contributed by atoms with van der Waals surface area (Å²) in [4.78, 5) is 48.1. The largest absolute Gasteiger partial charge is 0.444 e. The number of hydrogen-bond donors (Lipinski definition) is 4. The summed E-state index contributed by atoms with van der Waals surface area (Å²) in [5.41, 5.74) is 10.3. The quantitative estimate of drug-likeness (QED) is 0.276. The summed E-state index contributed by atoms with van der Waals surface area (Å²) in [5, 5.41) is 5.10. The first-order valence-electron chi connectivity index (χ1n) is 9.25. The topological polar surface area (TPSA) is 163 Å². The van der Waals surface area contributed by atoms with Crippen LogP contribution in [0.3, 0.4) is 0 Å². The second kappa shape index (κ2) is 11.0. The van der Waals surface area contributed by atoms with E-state index in [-0.39, 0.29) is 25.9 Å². The van der Waals surface area contributed by atoms with E-state index in [4.69, 9.17) is 20.9 Å². The molecule has 0 heterocycles. The summed E-state index contributed by atoms with van der Waals surface area (Å²) in [5.74, 6) is -3.84. The second-order valence-electron chi connectivity index (χ2n) is 8.02. The fourth-order valence-corrected chi connectivity index (χ4v) is 1.86. The third-order valence-electron chi connectivity index (χ3n) is 3.43. The van der Waals surface area contributed by atoms with Crippen molar-refractivity contribution in [3.8, 4) is 0 Å². The molecule has 0 bridgehead atoms. The fraction of sp³-hybridized carbons (Fsp3) is 0.778. The number of nitrogens with two attached hydrogens (primary N) is 2. The molecule has 28 heavy (non-hydrogen) atoms. The first-order valence-corrected chi connectivity index (χ1v) is 9.25. The maximum absolute atomic E-state index is 12.1. The maximum atomic E-state index is 12.1. The van der Waals surface area contributed by atoms with Gasteiger partial charge in [0.2, 0.25) is 0 Å². The maximum Gasteiger partial charge on any atom is 0.418 e. The molecule has 162 valence electrons. The molecule has 0 aliphatic rings. The van der Waals surface area contributed by atoms with Gasteiger partial charge < -0.3 is 31.6 Å². The predicted molar refractivity (Wildman–Crippen MR) is 103 cm³/mol. The first kappa shape index (κ1) is 25.8. The van der Waals surface area contributed by atoms with E-state index < -0.39 is 47.0 Å². The molecular weight excluding hydrogens is 368 g/mol. The number of rotatable bonds is 10. The minimum atomic E-state index is -1.35. The molecule has 0 fully saturated rings. The average Bonchev–Trinajstić information content (AvgIpc) is 2.58. The van der Waals surface area contributed by atoms with Crippen LogP contribution >= 0.6 is 0 Å². The van der Waals surface area contributed by atoms with Crippen molar-refractivity contribution in [1.82, 2.24) is 10.6 Å². The molecule has 0 aliphatic carbocycles. The Kier molecular flexibility index (Phi) is 10.1. The monoisotopic (exact) mass is 402 g/mol. The van der Waals surface area contributed by atoms with E-state index in [1.165, 1.54) is 0 Å². The van der Waals surface area contributed by atoms with Crippen molar-refractivity contribution in [2.45, 2.75) is 77.7 Å². The lowest BCUT2D eigenvalue weighted by Crippen LogP contribution is -2.49. The van der Waals surface area contributed by atoms with Gasteiger partial charge in [-0.05, 0) is 40.5 Å². The van der Waals surface area contributed by atoms with Crippen LogP contribution in [0.15, 0.2) is 0 Å². The van der Waals surface area contributed by atoms with Crippen molar-refractivity contribution in [2.75, 3.05) is 13.1 Å². The number of hydrogen-bond acceptors (Lipinski definition) is 8. The molecule has 10 nitrogen and oxygen atoms in total. The summed E-state index contributed by atoms with van der Waals surface area (Å²) < 4.78 is 9.82. The Morgan fingerprint density at radius 1 is 0.750 bits per heavy atom. The molecule has 6 N–H and O–H groups in total. The normalized spacial score (nSPS) is 13.9. The van der Waals surface area contributed by atoms with Crippen molar-refractivity contribution in [2.24, 2.45) is 11.5 Å². The van der Waals surface area contributed by atoms with Gasteiger partial charge in [0.15, 0.2) is 12.2 Å². The molecule has 2 amide bonds. The highest BCUT2D eigenvalue weighted by Gasteiger charge is 2.30. The molecule has 0 saturated heterocycles. The van der Waals surface area contributed by atoms with Crippen LogP contribution in [0.5, 0.6) is 0 Å². The Morgan fingerprint density at radius 3 is 1.25 bits per heavy atom. The van der Waals surface area contributed by atoms with E-state index in [2.05, 4.69) is 10.6 Å². The number of nitrogens with one attached hydrogen (secondary N) is 2. The Hall–Kier alpha value is -2.20. The summed E-state index contributed by atoms with van der Waals surface area (Å²) in [6.45, 7) is 10.5. The smallest absolute Gasteiger partial charge is 0.418 e. The minimum absolute atomic E-state index is 0.152. The van der Waals surface area contributed by atoms with Gasteiger partial charge in [-0.25, -0.2) is 9.59 Å². The molecular formula is C18H34N4O6. The van der Waals surface area contributed by atoms with Crippen LogP contribution in [0.4, 0.5) is 0 Å². The van der Waals surface area contributed by atoms with Crippen molar-refractivity contribution in [3.63, 3.8) is 0 Å². The number of ether oxygens (including phenoxy) is 2. The number of carbonyl (C=O) groups is 4. The highest BCUT2D eigenvalue weighted by molar-refractivity contribution is 6.30. The van der Waals surface area contributed by atoms with E-state index in [0.29, 0.717) is 0 Å². The van der Waals surface area contributed by atoms with Gasteiger partial charge in [-0.15, -0.1) is 0 Å². The molecule has 0 rings (SSSR count).